The van der Waals surface area contributed by atoms with Gasteiger partial charge in [-0.2, -0.15) is 0 Å². The predicted octanol–water partition coefficient (Wildman–Crippen LogP) is 1.77. The maximum atomic E-state index is 13.7. The predicted molar refractivity (Wildman–Crippen MR) is 66.3 cm³/mol. The molecule has 1 atom stereocenters. The lowest BCUT2D eigenvalue weighted by Crippen LogP contribution is -2.13. The molecule has 5 heteroatoms. The van der Waals surface area contributed by atoms with Crippen LogP contribution >= 0.6 is 12.2 Å². The highest BCUT2D eigenvalue weighted by Gasteiger charge is 2.16. The molecule has 2 N–H and O–H groups in total. The summed E-state index contributed by atoms with van der Waals surface area (Å²) in [6.45, 7) is 1.55. The van der Waals surface area contributed by atoms with Crippen LogP contribution in [0.2, 0.25) is 0 Å². The topological polar surface area (TPSA) is 44.5 Å². The van der Waals surface area contributed by atoms with Crippen LogP contribution in [0.15, 0.2) is 18.2 Å². The van der Waals surface area contributed by atoms with Crippen LogP contribution in [0.25, 0.3) is 0 Å². The molecule has 1 aliphatic heterocycles. The molecular formula is C12H14FNO2S. The Labute approximate surface area is 105 Å². The van der Waals surface area contributed by atoms with E-state index in [1.807, 2.05) is 0 Å². The summed E-state index contributed by atoms with van der Waals surface area (Å²) >= 11 is 4.78. The van der Waals surface area contributed by atoms with E-state index in [9.17, 15) is 4.39 Å². The van der Waals surface area contributed by atoms with Gasteiger partial charge in [-0.05, 0) is 12.5 Å². The van der Waals surface area contributed by atoms with E-state index in [2.05, 4.69) is 0 Å². The number of rotatable bonds is 4. The van der Waals surface area contributed by atoms with E-state index < -0.39 is 0 Å². The fraction of sp³-hybridized carbons (Fsp3) is 0.417. The molecule has 0 bridgehead atoms. The van der Waals surface area contributed by atoms with Gasteiger partial charge in [0.05, 0.1) is 19.3 Å². The third kappa shape index (κ3) is 3.21. The lowest BCUT2D eigenvalue weighted by Gasteiger charge is -2.10. The van der Waals surface area contributed by atoms with Crippen LogP contribution in [0.4, 0.5) is 4.39 Å². The second-order valence-corrected chi connectivity index (χ2v) is 4.41. The minimum absolute atomic E-state index is 0.0738. The largest absolute Gasteiger partial charge is 0.389 e. The first-order chi connectivity index (χ1) is 8.16. The number of hydrogen-bond donors (Lipinski definition) is 1. The van der Waals surface area contributed by atoms with Crippen LogP contribution in [0.5, 0.6) is 0 Å². The Morgan fingerprint density at radius 2 is 2.41 bits per heavy atom. The third-order valence-electron chi connectivity index (χ3n) is 2.70. The minimum atomic E-state index is -0.339. The maximum Gasteiger partial charge on any atom is 0.129 e. The second kappa shape index (κ2) is 5.53. The van der Waals surface area contributed by atoms with Crippen molar-refractivity contribution in [3.05, 3.63) is 35.1 Å². The highest BCUT2D eigenvalue weighted by Crippen LogP contribution is 2.15. The Balaban J connectivity index is 1.98. The number of hydrogen-bond acceptors (Lipinski definition) is 3. The van der Waals surface area contributed by atoms with Gasteiger partial charge in [-0.3, -0.25) is 0 Å². The van der Waals surface area contributed by atoms with Crippen molar-refractivity contribution in [1.29, 1.82) is 0 Å². The number of nitrogens with two attached hydrogens (primary N) is 1. The molecule has 0 amide bonds. The molecule has 92 valence electrons. The summed E-state index contributed by atoms with van der Waals surface area (Å²) < 4.78 is 24.4. The number of benzene rings is 1. The average molecular weight is 255 g/mol. The Morgan fingerprint density at radius 1 is 1.59 bits per heavy atom. The molecule has 1 aromatic carbocycles. The Hall–Kier alpha value is -1.04. The monoisotopic (exact) mass is 255 g/mol. The summed E-state index contributed by atoms with van der Waals surface area (Å²) in [6, 6.07) is 4.70. The van der Waals surface area contributed by atoms with Crippen molar-refractivity contribution in [2.75, 3.05) is 13.2 Å². The number of thiocarbonyl (C=S) groups is 1. The molecule has 0 radical (unpaired) electrons. The molecule has 0 saturated carbocycles. The van der Waals surface area contributed by atoms with E-state index in [1.165, 1.54) is 6.07 Å². The van der Waals surface area contributed by atoms with E-state index in [0.717, 1.165) is 6.42 Å². The van der Waals surface area contributed by atoms with Crippen molar-refractivity contribution in [3.8, 4) is 0 Å². The molecule has 0 spiro atoms. The Kier molecular flexibility index (Phi) is 4.04. The molecular weight excluding hydrogens is 241 g/mol. The molecule has 1 fully saturated rings. The molecule has 3 nitrogen and oxygen atoms in total. The normalized spacial score (nSPS) is 19.5. The lowest BCUT2D eigenvalue weighted by molar-refractivity contribution is 0.0304. The lowest BCUT2D eigenvalue weighted by atomic mass is 10.1. The van der Waals surface area contributed by atoms with Gasteiger partial charge < -0.3 is 15.2 Å². The highest BCUT2D eigenvalue weighted by molar-refractivity contribution is 7.80. The fourth-order valence-corrected chi connectivity index (χ4v) is 1.80. The van der Waals surface area contributed by atoms with Gasteiger partial charge in [0.15, 0.2) is 0 Å². The van der Waals surface area contributed by atoms with Crippen molar-refractivity contribution in [2.24, 2.45) is 5.73 Å². The molecule has 1 saturated heterocycles. The molecule has 2 rings (SSSR count). The summed E-state index contributed by atoms with van der Waals surface area (Å²) in [4.78, 5) is 0.195. The van der Waals surface area contributed by atoms with E-state index in [-0.39, 0.29) is 23.5 Å². The zero-order valence-electron chi connectivity index (χ0n) is 9.32. The zero-order chi connectivity index (χ0) is 12.3. The molecule has 1 unspecified atom stereocenters. The van der Waals surface area contributed by atoms with Crippen LogP contribution in [0.3, 0.4) is 0 Å². The van der Waals surface area contributed by atoms with Gasteiger partial charge >= 0.3 is 0 Å². The first kappa shape index (κ1) is 12.4. The van der Waals surface area contributed by atoms with Crippen LogP contribution < -0.4 is 5.73 Å². The van der Waals surface area contributed by atoms with Gasteiger partial charge in [-0.25, -0.2) is 4.39 Å². The zero-order valence-corrected chi connectivity index (χ0v) is 10.1. The summed E-state index contributed by atoms with van der Waals surface area (Å²) in [5, 5.41) is 0. The summed E-state index contributed by atoms with van der Waals surface area (Å²) in [5.74, 6) is -0.339. The van der Waals surface area contributed by atoms with E-state index in [1.54, 1.807) is 12.1 Å². The smallest absolute Gasteiger partial charge is 0.129 e. The molecule has 0 aliphatic carbocycles. The fourth-order valence-electron chi connectivity index (χ4n) is 1.67. The van der Waals surface area contributed by atoms with Crippen molar-refractivity contribution in [2.45, 2.75) is 19.1 Å². The molecule has 0 aromatic heterocycles. The van der Waals surface area contributed by atoms with Gasteiger partial charge in [0.2, 0.25) is 0 Å². The first-order valence-electron chi connectivity index (χ1n) is 5.44. The number of halogens is 1. The SMILES string of the molecule is NC(=S)c1ccc(COC2CCOC2)c(F)c1. The first-order valence-corrected chi connectivity index (χ1v) is 5.85. The average Bonchev–Trinajstić information content (AvgIpc) is 2.80. The van der Waals surface area contributed by atoms with Crippen LogP contribution in [-0.4, -0.2) is 24.3 Å². The van der Waals surface area contributed by atoms with Gasteiger partial charge in [-0.1, -0.05) is 24.4 Å². The van der Waals surface area contributed by atoms with Crippen molar-refractivity contribution >= 4 is 17.2 Å². The van der Waals surface area contributed by atoms with Crippen molar-refractivity contribution < 1.29 is 13.9 Å². The standard InChI is InChI=1S/C12H14FNO2S/c13-11-5-8(12(14)17)1-2-9(11)6-16-10-3-4-15-7-10/h1-2,5,10H,3-4,6-7H2,(H2,14,17). The van der Waals surface area contributed by atoms with Gasteiger partial charge in [0, 0.05) is 17.7 Å². The molecule has 1 heterocycles. The quantitative estimate of drug-likeness (QED) is 0.833. The Morgan fingerprint density at radius 3 is 3.00 bits per heavy atom. The molecule has 1 aliphatic rings. The van der Waals surface area contributed by atoms with E-state index in [0.29, 0.717) is 24.3 Å². The van der Waals surface area contributed by atoms with Gasteiger partial charge in [0.1, 0.15) is 10.8 Å². The van der Waals surface area contributed by atoms with Gasteiger partial charge in [-0.15, -0.1) is 0 Å². The molecule has 17 heavy (non-hydrogen) atoms. The van der Waals surface area contributed by atoms with Crippen LogP contribution in [0.1, 0.15) is 17.5 Å². The maximum absolute atomic E-state index is 13.7. The summed E-state index contributed by atoms with van der Waals surface area (Å²) in [5.41, 5.74) is 6.47. The summed E-state index contributed by atoms with van der Waals surface area (Å²) in [7, 11) is 0. The van der Waals surface area contributed by atoms with Crippen molar-refractivity contribution in [1.82, 2.24) is 0 Å². The van der Waals surface area contributed by atoms with Crippen molar-refractivity contribution in [3.63, 3.8) is 0 Å². The minimum Gasteiger partial charge on any atom is -0.389 e. The van der Waals surface area contributed by atoms with Crippen LogP contribution in [0, 0.1) is 5.82 Å². The van der Waals surface area contributed by atoms with Gasteiger partial charge in [0.25, 0.3) is 0 Å². The summed E-state index contributed by atoms with van der Waals surface area (Å²) in [6.07, 6.45) is 0.941. The molecule has 1 aromatic rings. The number of ether oxygens (including phenoxy) is 2. The highest BCUT2D eigenvalue weighted by atomic mass is 32.1. The third-order valence-corrected chi connectivity index (χ3v) is 2.94. The second-order valence-electron chi connectivity index (χ2n) is 3.97. The van der Waals surface area contributed by atoms with E-state index >= 15 is 0 Å². The van der Waals surface area contributed by atoms with E-state index in [4.69, 9.17) is 27.4 Å². The van der Waals surface area contributed by atoms with Crippen LogP contribution in [-0.2, 0) is 16.1 Å². The Bertz CT molecular complexity index is 419.